The van der Waals surface area contributed by atoms with E-state index in [2.05, 4.69) is 0 Å². The predicted octanol–water partition coefficient (Wildman–Crippen LogP) is 2.84. The zero-order chi connectivity index (χ0) is 11.2. The van der Waals surface area contributed by atoms with Crippen LogP contribution in [0.25, 0.3) is 0 Å². The lowest BCUT2D eigenvalue weighted by Crippen LogP contribution is -2.41. The van der Waals surface area contributed by atoms with Gasteiger partial charge in [-0.05, 0) is 31.5 Å². The van der Waals surface area contributed by atoms with Gasteiger partial charge in [-0.2, -0.15) is 0 Å². The van der Waals surface area contributed by atoms with Crippen molar-refractivity contribution < 1.29 is 9.18 Å². The van der Waals surface area contributed by atoms with Crippen molar-refractivity contribution in [2.45, 2.75) is 19.3 Å². The SMILES string of the molecule is CC1(C)C(=O)CN(I)c2cc(F)ccc21. The number of carbonyl (C=O) groups excluding carboxylic acids is 1. The van der Waals surface area contributed by atoms with Crippen LogP contribution >= 0.6 is 22.9 Å². The lowest BCUT2D eigenvalue weighted by atomic mass is 9.77. The van der Waals surface area contributed by atoms with E-state index in [0.717, 1.165) is 11.3 Å². The van der Waals surface area contributed by atoms with E-state index in [-0.39, 0.29) is 11.6 Å². The van der Waals surface area contributed by atoms with E-state index in [1.165, 1.54) is 12.1 Å². The molecule has 0 spiro atoms. The molecule has 0 aliphatic carbocycles. The molecule has 0 bridgehead atoms. The number of hydrogen-bond acceptors (Lipinski definition) is 2. The molecule has 0 unspecified atom stereocenters. The summed E-state index contributed by atoms with van der Waals surface area (Å²) >= 11 is 2.04. The Morgan fingerprint density at radius 2 is 2.13 bits per heavy atom. The van der Waals surface area contributed by atoms with Crippen LogP contribution in [-0.2, 0) is 10.2 Å². The highest BCUT2D eigenvalue weighted by molar-refractivity contribution is 14.1. The van der Waals surface area contributed by atoms with Crippen molar-refractivity contribution in [3.05, 3.63) is 29.6 Å². The van der Waals surface area contributed by atoms with E-state index in [4.69, 9.17) is 0 Å². The van der Waals surface area contributed by atoms with E-state index in [1.54, 1.807) is 9.18 Å². The van der Waals surface area contributed by atoms with E-state index >= 15 is 0 Å². The molecule has 0 atom stereocenters. The molecule has 2 nitrogen and oxygen atoms in total. The normalized spacial score (nSPS) is 18.9. The molecule has 0 fully saturated rings. The molecule has 80 valence electrons. The van der Waals surface area contributed by atoms with Gasteiger partial charge in [0.25, 0.3) is 0 Å². The van der Waals surface area contributed by atoms with Crippen molar-refractivity contribution in [3.63, 3.8) is 0 Å². The number of halogens is 2. The largest absolute Gasteiger partial charge is 0.307 e. The molecule has 1 aromatic rings. The topological polar surface area (TPSA) is 20.3 Å². The average molecular weight is 319 g/mol. The highest BCUT2D eigenvalue weighted by atomic mass is 127. The van der Waals surface area contributed by atoms with Gasteiger partial charge in [0.15, 0.2) is 5.78 Å². The zero-order valence-corrected chi connectivity index (χ0v) is 10.7. The van der Waals surface area contributed by atoms with Gasteiger partial charge in [0.2, 0.25) is 0 Å². The highest BCUT2D eigenvalue weighted by Crippen LogP contribution is 2.39. The fraction of sp³-hybridized carbons (Fsp3) is 0.364. The van der Waals surface area contributed by atoms with E-state index in [0.29, 0.717) is 6.54 Å². The van der Waals surface area contributed by atoms with Crippen LogP contribution in [0.5, 0.6) is 0 Å². The summed E-state index contributed by atoms with van der Waals surface area (Å²) in [4.78, 5) is 11.8. The van der Waals surface area contributed by atoms with Gasteiger partial charge in [0.05, 0.1) is 40.5 Å². The minimum Gasteiger partial charge on any atom is -0.307 e. The first-order valence-electron chi connectivity index (χ1n) is 4.69. The molecule has 0 radical (unpaired) electrons. The maximum Gasteiger partial charge on any atom is 0.162 e. The standard InChI is InChI=1S/C11H11FINO/c1-11(2)8-4-3-7(12)5-9(8)14(13)6-10(11)15/h3-5H,6H2,1-2H3. The van der Waals surface area contributed by atoms with E-state index < -0.39 is 5.41 Å². The monoisotopic (exact) mass is 319 g/mol. The molecule has 0 N–H and O–H groups in total. The summed E-state index contributed by atoms with van der Waals surface area (Å²) < 4.78 is 14.9. The van der Waals surface area contributed by atoms with Crippen LogP contribution in [0.4, 0.5) is 10.1 Å². The fourth-order valence-corrected chi connectivity index (χ4v) is 2.50. The molecule has 0 saturated carbocycles. The number of nitrogens with zero attached hydrogens (tertiary/aromatic N) is 1. The second-order valence-electron chi connectivity index (χ2n) is 4.23. The summed E-state index contributed by atoms with van der Waals surface area (Å²) in [5, 5.41) is 0. The van der Waals surface area contributed by atoms with Crippen LogP contribution in [0.15, 0.2) is 18.2 Å². The van der Waals surface area contributed by atoms with Crippen molar-refractivity contribution in [2.75, 3.05) is 9.66 Å². The van der Waals surface area contributed by atoms with Gasteiger partial charge in [0.1, 0.15) is 5.82 Å². The number of carbonyl (C=O) groups is 1. The molecule has 1 heterocycles. The summed E-state index contributed by atoms with van der Waals surface area (Å²) in [6, 6.07) is 4.59. The van der Waals surface area contributed by atoms with Crippen molar-refractivity contribution in [2.24, 2.45) is 0 Å². The summed E-state index contributed by atoms with van der Waals surface area (Å²) in [7, 11) is 0. The Balaban J connectivity index is 2.64. The number of ketones is 1. The summed E-state index contributed by atoms with van der Waals surface area (Å²) in [5.41, 5.74) is 1.19. The molecule has 0 aromatic heterocycles. The third-order valence-corrected chi connectivity index (χ3v) is 3.73. The van der Waals surface area contributed by atoms with E-state index in [9.17, 15) is 9.18 Å². The summed E-state index contributed by atoms with van der Waals surface area (Å²) in [5.74, 6) is -0.100. The number of hydrogen-bond donors (Lipinski definition) is 0. The molecular weight excluding hydrogens is 308 g/mol. The van der Waals surface area contributed by atoms with Gasteiger partial charge in [0, 0.05) is 0 Å². The Bertz CT molecular complexity index is 431. The molecule has 1 aliphatic heterocycles. The number of benzene rings is 1. The number of Topliss-reactive ketones (excluding diaryl/α,β-unsaturated/α-hetero) is 1. The van der Waals surface area contributed by atoms with Gasteiger partial charge >= 0.3 is 0 Å². The smallest absolute Gasteiger partial charge is 0.162 e. The number of anilines is 1. The molecule has 2 rings (SSSR count). The van der Waals surface area contributed by atoms with Gasteiger partial charge < -0.3 is 3.11 Å². The Morgan fingerprint density at radius 3 is 2.80 bits per heavy atom. The van der Waals surface area contributed by atoms with Crippen molar-refractivity contribution in [1.82, 2.24) is 0 Å². The first-order chi connectivity index (χ1) is 6.93. The Hall–Kier alpha value is -0.650. The third-order valence-electron chi connectivity index (χ3n) is 2.87. The lowest BCUT2D eigenvalue weighted by Gasteiger charge is -2.35. The first-order valence-corrected chi connectivity index (χ1v) is 5.66. The maximum atomic E-state index is 13.1. The van der Waals surface area contributed by atoms with Crippen LogP contribution < -0.4 is 3.11 Å². The molecule has 4 heteroatoms. The van der Waals surface area contributed by atoms with Crippen molar-refractivity contribution >= 4 is 34.3 Å². The van der Waals surface area contributed by atoms with Crippen LogP contribution in [0.2, 0.25) is 0 Å². The minimum atomic E-state index is -0.509. The van der Waals surface area contributed by atoms with Crippen molar-refractivity contribution in [1.29, 1.82) is 0 Å². The second-order valence-corrected chi connectivity index (χ2v) is 5.39. The second kappa shape index (κ2) is 3.43. The minimum absolute atomic E-state index is 0.163. The Labute approximate surface area is 102 Å². The number of rotatable bonds is 0. The molecule has 1 aromatic carbocycles. The molecule has 0 amide bonds. The van der Waals surface area contributed by atoms with E-state index in [1.807, 2.05) is 36.7 Å². The highest BCUT2D eigenvalue weighted by Gasteiger charge is 2.37. The quantitative estimate of drug-likeness (QED) is 0.541. The van der Waals surface area contributed by atoms with Gasteiger partial charge in [-0.1, -0.05) is 6.07 Å². The van der Waals surface area contributed by atoms with Crippen molar-refractivity contribution in [3.8, 4) is 0 Å². The van der Waals surface area contributed by atoms with Gasteiger partial charge in [-0.15, -0.1) is 0 Å². The first kappa shape index (κ1) is 10.9. The average Bonchev–Trinajstić information content (AvgIpc) is 2.15. The zero-order valence-electron chi connectivity index (χ0n) is 8.55. The maximum absolute atomic E-state index is 13.1. The third kappa shape index (κ3) is 1.64. The molecule has 0 saturated heterocycles. The Kier molecular flexibility index (Phi) is 2.48. The van der Waals surface area contributed by atoms with Gasteiger partial charge in [-0.3, -0.25) is 4.79 Å². The van der Waals surface area contributed by atoms with Gasteiger partial charge in [-0.25, -0.2) is 4.39 Å². The number of fused-ring (bicyclic) bond motifs is 1. The molecule has 15 heavy (non-hydrogen) atoms. The summed E-state index contributed by atoms with van der Waals surface area (Å²) in [6.07, 6.45) is 0. The lowest BCUT2D eigenvalue weighted by molar-refractivity contribution is -0.122. The molecule has 1 aliphatic rings. The Morgan fingerprint density at radius 1 is 1.47 bits per heavy atom. The summed E-state index contributed by atoms with van der Waals surface area (Å²) in [6.45, 7) is 4.11. The van der Waals surface area contributed by atoms with Crippen LogP contribution in [-0.4, -0.2) is 12.3 Å². The van der Waals surface area contributed by atoms with Crippen LogP contribution in [0.3, 0.4) is 0 Å². The van der Waals surface area contributed by atoms with Crippen LogP contribution in [0, 0.1) is 5.82 Å². The predicted molar refractivity (Wildman–Crippen MR) is 65.8 cm³/mol. The molecular formula is C11H11FINO. The van der Waals surface area contributed by atoms with Crippen LogP contribution in [0.1, 0.15) is 19.4 Å². The fourth-order valence-electron chi connectivity index (χ4n) is 1.79.